The first-order valence-corrected chi connectivity index (χ1v) is 7.88. The summed E-state index contributed by atoms with van der Waals surface area (Å²) in [6.07, 6.45) is 4.37. The van der Waals surface area contributed by atoms with Crippen LogP contribution >= 0.6 is 0 Å². The van der Waals surface area contributed by atoms with Gasteiger partial charge in [0.25, 0.3) is 0 Å². The molecular weight excluding hydrogens is 248 g/mol. The van der Waals surface area contributed by atoms with Crippen LogP contribution in [0.2, 0.25) is 0 Å². The van der Waals surface area contributed by atoms with Crippen LogP contribution in [0.3, 0.4) is 0 Å². The molecule has 2 aliphatic rings. The van der Waals surface area contributed by atoms with E-state index in [1.54, 1.807) is 0 Å². The molecular formula is C17H22N2O. The smallest absolute Gasteiger partial charge is 0.0729 e. The zero-order chi connectivity index (χ0) is 13.7. The maximum absolute atomic E-state index is 10.5. The lowest BCUT2D eigenvalue weighted by molar-refractivity contribution is 0.103. The highest BCUT2D eigenvalue weighted by Crippen LogP contribution is 2.55. The first-order chi connectivity index (χ1) is 9.76. The van der Waals surface area contributed by atoms with Crippen LogP contribution in [0, 0.1) is 17.8 Å². The number of aromatic nitrogens is 2. The summed E-state index contributed by atoms with van der Waals surface area (Å²) in [4.78, 5) is 0. The number of aliphatic hydroxyl groups is 1. The summed E-state index contributed by atoms with van der Waals surface area (Å²) < 4.78 is 2.05. The fraction of sp³-hybridized carbons (Fsp3) is 0.588. The van der Waals surface area contributed by atoms with E-state index >= 15 is 0 Å². The molecule has 0 aliphatic heterocycles. The Bertz CT molecular complexity index is 623. The molecule has 1 N–H and O–H groups in total. The molecule has 1 heterocycles. The Labute approximate surface area is 119 Å². The highest BCUT2D eigenvalue weighted by molar-refractivity contribution is 5.82. The van der Waals surface area contributed by atoms with Crippen LogP contribution in [0.1, 0.15) is 31.9 Å². The lowest BCUT2D eigenvalue weighted by Crippen LogP contribution is -2.22. The predicted octanol–water partition coefficient (Wildman–Crippen LogP) is 3.01. The fourth-order valence-corrected chi connectivity index (χ4v) is 4.03. The van der Waals surface area contributed by atoms with Gasteiger partial charge in [0.15, 0.2) is 0 Å². The molecule has 3 heteroatoms. The molecule has 20 heavy (non-hydrogen) atoms. The molecule has 3 nitrogen and oxygen atoms in total. The third-order valence-electron chi connectivity index (χ3n) is 5.26. The molecule has 4 rings (SSSR count). The molecule has 0 radical (unpaired) electrons. The Morgan fingerprint density at radius 3 is 2.75 bits per heavy atom. The number of rotatable bonds is 4. The second-order valence-electron chi connectivity index (χ2n) is 6.54. The number of benzene rings is 1. The van der Waals surface area contributed by atoms with Gasteiger partial charge in [-0.15, -0.1) is 0 Å². The molecule has 0 bridgehead atoms. The molecule has 106 valence electrons. The number of nitrogens with zero attached hydrogens (tertiary/aromatic N) is 2. The standard InChI is InChI=1S/C17H22N2O/c1-2-19-16-6-4-3-5-14(16)15(18-19)10-17(20)13-8-11-7-12(11)9-13/h3-6,11-13,17,20H,2,7-10H2,1H3. The van der Waals surface area contributed by atoms with Crippen molar-refractivity contribution in [2.45, 2.75) is 45.3 Å². The molecule has 1 aromatic carbocycles. The van der Waals surface area contributed by atoms with Crippen LogP contribution < -0.4 is 0 Å². The van der Waals surface area contributed by atoms with E-state index in [1.165, 1.54) is 30.2 Å². The highest BCUT2D eigenvalue weighted by atomic mass is 16.3. The summed E-state index contributed by atoms with van der Waals surface area (Å²) in [6, 6.07) is 8.36. The van der Waals surface area contributed by atoms with Gasteiger partial charge >= 0.3 is 0 Å². The number of hydrogen-bond donors (Lipinski definition) is 1. The van der Waals surface area contributed by atoms with E-state index < -0.39 is 0 Å². The second kappa shape index (κ2) is 4.59. The number of hydrogen-bond acceptors (Lipinski definition) is 2. The van der Waals surface area contributed by atoms with Gasteiger partial charge in [-0.3, -0.25) is 4.68 Å². The van der Waals surface area contributed by atoms with Crippen molar-refractivity contribution in [2.24, 2.45) is 17.8 Å². The van der Waals surface area contributed by atoms with E-state index in [0.29, 0.717) is 12.3 Å². The molecule has 1 aromatic heterocycles. The Morgan fingerprint density at radius 2 is 2.00 bits per heavy atom. The normalized spacial score (nSPS) is 29.6. The van der Waals surface area contributed by atoms with Crippen LogP contribution in [0.4, 0.5) is 0 Å². The predicted molar refractivity (Wildman–Crippen MR) is 79.4 cm³/mol. The summed E-state index contributed by atoms with van der Waals surface area (Å²) in [7, 11) is 0. The number of fused-ring (bicyclic) bond motifs is 2. The van der Waals surface area contributed by atoms with Gasteiger partial charge in [-0.25, -0.2) is 0 Å². The molecule has 2 fully saturated rings. The average Bonchev–Trinajstić information content (AvgIpc) is 2.94. The summed E-state index contributed by atoms with van der Waals surface area (Å²) in [6.45, 7) is 2.99. The maximum atomic E-state index is 10.5. The van der Waals surface area contributed by atoms with E-state index in [9.17, 15) is 5.11 Å². The van der Waals surface area contributed by atoms with Crippen LogP contribution in [-0.2, 0) is 13.0 Å². The average molecular weight is 270 g/mol. The van der Waals surface area contributed by atoms with Crippen molar-refractivity contribution < 1.29 is 5.11 Å². The molecule has 3 unspecified atom stereocenters. The summed E-state index contributed by atoms with van der Waals surface area (Å²) in [5.41, 5.74) is 2.25. The number of aliphatic hydroxyl groups excluding tert-OH is 1. The number of para-hydroxylation sites is 1. The SMILES string of the molecule is CCn1nc(CC(O)C2CC3CC3C2)c2ccccc21. The van der Waals surface area contributed by atoms with Gasteiger partial charge in [-0.1, -0.05) is 18.2 Å². The van der Waals surface area contributed by atoms with Crippen molar-refractivity contribution in [1.82, 2.24) is 9.78 Å². The van der Waals surface area contributed by atoms with Crippen LogP contribution in [0.15, 0.2) is 24.3 Å². The van der Waals surface area contributed by atoms with Gasteiger partial charge in [-0.2, -0.15) is 5.10 Å². The molecule has 2 aromatic rings. The Kier molecular flexibility index (Phi) is 2.84. The topological polar surface area (TPSA) is 38.0 Å². The van der Waals surface area contributed by atoms with E-state index in [2.05, 4.69) is 31.2 Å². The van der Waals surface area contributed by atoms with Gasteiger partial charge < -0.3 is 5.11 Å². The minimum atomic E-state index is -0.216. The quantitative estimate of drug-likeness (QED) is 0.927. The van der Waals surface area contributed by atoms with Crippen molar-refractivity contribution >= 4 is 10.9 Å². The molecule has 0 spiro atoms. The highest BCUT2D eigenvalue weighted by Gasteiger charge is 2.47. The second-order valence-corrected chi connectivity index (χ2v) is 6.54. The zero-order valence-corrected chi connectivity index (χ0v) is 12.0. The van der Waals surface area contributed by atoms with Gasteiger partial charge in [0.1, 0.15) is 0 Å². The van der Waals surface area contributed by atoms with E-state index in [4.69, 9.17) is 5.10 Å². The maximum Gasteiger partial charge on any atom is 0.0729 e. The molecule has 2 aliphatic carbocycles. The van der Waals surface area contributed by atoms with Crippen LogP contribution in [0.25, 0.3) is 10.9 Å². The first kappa shape index (κ1) is 12.4. The first-order valence-electron chi connectivity index (χ1n) is 7.88. The lowest BCUT2D eigenvalue weighted by Gasteiger charge is -2.18. The van der Waals surface area contributed by atoms with Gasteiger partial charge in [0.2, 0.25) is 0 Å². The summed E-state index contributed by atoms with van der Waals surface area (Å²) in [5, 5.41) is 16.4. The fourth-order valence-electron chi connectivity index (χ4n) is 4.03. The Hall–Kier alpha value is -1.35. The van der Waals surface area contributed by atoms with E-state index in [1.807, 2.05) is 4.68 Å². The van der Waals surface area contributed by atoms with Crippen molar-refractivity contribution in [3.8, 4) is 0 Å². The van der Waals surface area contributed by atoms with E-state index in [-0.39, 0.29) is 6.10 Å². The van der Waals surface area contributed by atoms with Crippen molar-refractivity contribution in [3.05, 3.63) is 30.0 Å². The third-order valence-corrected chi connectivity index (χ3v) is 5.26. The molecule has 0 saturated heterocycles. The number of aryl methyl sites for hydroxylation is 1. The van der Waals surface area contributed by atoms with Crippen molar-refractivity contribution in [3.63, 3.8) is 0 Å². The molecule has 3 atom stereocenters. The monoisotopic (exact) mass is 270 g/mol. The third kappa shape index (κ3) is 1.96. The van der Waals surface area contributed by atoms with Crippen LogP contribution in [-0.4, -0.2) is 21.0 Å². The van der Waals surface area contributed by atoms with E-state index in [0.717, 1.165) is 24.1 Å². The lowest BCUT2D eigenvalue weighted by atomic mass is 9.93. The van der Waals surface area contributed by atoms with Crippen molar-refractivity contribution in [2.75, 3.05) is 0 Å². The van der Waals surface area contributed by atoms with Crippen LogP contribution in [0.5, 0.6) is 0 Å². The van der Waals surface area contributed by atoms with Crippen molar-refractivity contribution in [1.29, 1.82) is 0 Å². The van der Waals surface area contributed by atoms with Gasteiger partial charge in [0, 0.05) is 18.4 Å². The molecule has 0 amide bonds. The largest absolute Gasteiger partial charge is 0.392 e. The summed E-state index contributed by atoms with van der Waals surface area (Å²) in [5.74, 6) is 2.36. The van der Waals surface area contributed by atoms with Gasteiger partial charge in [0.05, 0.1) is 17.3 Å². The minimum Gasteiger partial charge on any atom is -0.392 e. The molecule has 2 saturated carbocycles. The minimum absolute atomic E-state index is 0.216. The van der Waals surface area contributed by atoms with Gasteiger partial charge in [-0.05, 0) is 50.0 Å². The Balaban J connectivity index is 1.58. The Morgan fingerprint density at radius 1 is 1.25 bits per heavy atom. The summed E-state index contributed by atoms with van der Waals surface area (Å²) >= 11 is 0. The zero-order valence-electron chi connectivity index (χ0n) is 12.0.